The Morgan fingerprint density at radius 1 is 1.35 bits per heavy atom. The first kappa shape index (κ1) is 13.3. The maximum Gasteiger partial charge on any atom is 0.288 e. The molecule has 0 unspecified atom stereocenters. The van der Waals surface area contributed by atoms with Crippen molar-refractivity contribution < 1.29 is 14.5 Å². The van der Waals surface area contributed by atoms with Crippen molar-refractivity contribution in [3.05, 3.63) is 52.2 Å². The van der Waals surface area contributed by atoms with Crippen LogP contribution in [0.15, 0.2) is 36.5 Å². The van der Waals surface area contributed by atoms with Gasteiger partial charge in [-0.3, -0.25) is 14.9 Å². The summed E-state index contributed by atoms with van der Waals surface area (Å²) in [7, 11) is 0. The van der Waals surface area contributed by atoms with E-state index in [2.05, 4.69) is 4.98 Å². The van der Waals surface area contributed by atoms with E-state index in [1.54, 1.807) is 24.3 Å². The average molecular weight is 274 g/mol. The average Bonchev–Trinajstić information content (AvgIpc) is 2.41. The quantitative estimate of drug-likeness (QED) is 0.492. The number of hydrogen-bond donors (Lipinski definition) is 2. The maximum absolute atomic E-state index is 11.3. The van der Waals surface area contributed by atoms with E-state index in [0.29, 0.717) is 5.69 Å². The number of amides is 1. The van der Waals surface area contributed by atoms with Crippen molar-refractivity contribution in [3.63, 3.8) is 0 Å². The second-order valence-corrected chi connectivity index (χ2v) is 3.81. The molecule has 0 saturated heterocycles. The number of carbonyl (C=O) groups is 1. The fraction of sp³-hybridized carbons (Fsp3) is 0. The molecule has 0 fully saturated rings. The molecule has 20 heavy (non-hydrogen) atoms. The van der Waals surface area contributed by atoms with Crippen LogP contribution in [0.4, 0.5) is 11.4 Å². The molecule has 0 bridgehead atoms. The molecule has 4 N–H and O–H groups in total. The van der Waals surface area contributed by atoms with Gasteiger partial charge in [-0.05, 0) is 12.1 Å². The summed E-state index contributed by atoms with van der Waals surface area (Å²) in [5, 5.41) is 10.7. The highest BCUT2D eigenvalue weighted by molar-refractivity contribution is 5.95. The number of anilines is 1. The third-order valence-electron chi connectivity index (χ3n) is 2.44. The predicted octanol–water partition coefficient (Wildman–Crippen LogP) is 1.46. The third-order valence-corrected chi connectivity index (χ3v) is 2.44. The van der Waals surface area contributed by atoms with E-state index in [1.165, 1.54) is 0 Å². The predicted molar refractivity (Wildman–Crippen MR) is 70.3 cm³/mol. The summed E-state index contributed by atoms with van der Waals surface area (Å²) in [5.41, 5.74) is 10.6. The Bertz CT molecular complexity index is 687. The van der Waals surface area contributed by atoms with Gasteiger partial charge < -0.3 is 16.2 Å². The highest BCUT2D eigenvalue weighted by Gasteiger charge is 2.18. The highest BCUT2D eigenvalue weighted by Crippen LogP contribution is 2.29. The Labute approximate surface area is 113 Å². The number of nitro groups is 1. The van der Waals surface area contributed by atoms with Gasteiger partial charge in [0.05, 0.1) is 10.6 Å². The summed E-state index contributed by atoms with van der Waals surface area (Å²) in [4.78, 5) is 25.0. The largest absolute Gasteiger partial charge is 0.436 e. The number of primary amides is 1. The van der Waals surface area contributed by atoms with E-state index in [9.17, 15) is 14.9 Å². The zero-order valence-corrected chi connectivity index (χ0v) is 10.1. The number of carbonyl (C=O) groups excluding carboxylic acids is 1. The van der Waals surface area contributed by atoms with Gasteiger partial charge in [0, 0.05) is 6.07 Å². The lowest BCUT2D eigenvalue weighted by Crippen LogP contribution is -2.13. The van der Waals surface area contributed by atoms with Crippen LogP contribution in [0, 0.1) is 10.1 Å². The molecular weight excluding hydrogens is 264 g/mol. The second-order valence-electron chi connectivity index (χ2n) is 3.81. The number of benzene rings is 1. The number of pyridine rings is 1. The van der Waals surface area contributed by atoms with E-state index < -0.39 is 10.8 Å². The summed E-state index contributed by atoms with van der Waals surface area (Å²) in [6, 6.07) is 7.57. The Morgan fingerprint density at radius 2 is 2.05 bits per heavy atom. The number of aromatic nitrogens is 1. The van der Waals surface area contributed by atoms with E-state index in [0.717, 1.165) is 12.3 Å². The summed E-state index contributed by atoms with van der Waals surface area (Å²) in [6.45, 7) is 0. The van der Waals surface area contributed by atoms with Crippen LogP contribution in [0.25, 0.3) is 0 Å². The molecule has 8 heteroatoms. The molecule has 1 amide bonds. The maximum atomic E-state index is 11.3. The van der Waals surface area contributed by atoms with Crippen LogP contribution >= 0.6 is 0 Å². The topological polar surface area (TPSA) is 134 Å². The van der Waals surface area contributed by atoms with Gasteiger partial charge in [0.1, 0.15) is 11.8 Å². The van der Waals surface area contributed by atoms with Crippen molar-refractivity contribution in [2.45, 2.75) is 0 Å². The monoisotopic (exact) mass is 274 g/mol. The minimum Gasteiger partial charge on any atom is -0.436 e. The fourth-order valence-electron chi connectivity index (χ4n) is 1.48. The third kappa shape index (κ3) is 2.64. The Morgan fingerprint density at radius 3 is 2.65 bits per heavy atom. The van der Waals surface area contributed by atoms with Gasteiger partial charge in [0.15, 0.2) is 5.75 Å². The van der Waals surface area contributed by atoms with Gasteiger partial charge in [-0.1, -0.05) is 12.1 Å². The van der Waals surface area contributed by atoms with Gasteiger partial charge in [0.2, 0.25) is 5.88 Å². The van der Waals surface area contributed by atoms with Crippen molar-refractivity contribution in [2.75, 3.05) is 5.73 Å². The number of ether oxygens (including phenoxy) is 1. The van der Waals surface area contributed by atoms with Crippen LogP contribution in [0.2, 0.25) is 0 Å². The van der Waals surface area contributed by atoms with Crippen LogP contribution in [0.5, 0.6) is 11.6 Å². The molecule has 2 rings (SSSR count). The molecule has 0 saturated carbocycles. The molecule has 1 aromatic carbocycles. The van der Waals surface area contributed by atoms with Crippen molar-refractivity contribution in [1.82, 2.24) is 4.98 Å². The van der Waals surface area contributed by atoms with Crippen LogP contribution < -0.4 is 16.2 Å². The molecule has 0 aliphatic rings. The lowest BCUT2D eigenvalue weighted by Gasteiger charge is -2.09. The zero-order chi connectivity index (χ0) is 14.7. The lowest BCUT2D eigenvalue weighted by molar-refractivity contribution is -0.385. The van der Waals surface area contributed by atoms with Gasteiger partial charge in [-0.25, -0.2) is 4.98 Å². The molecule has 0 aliphatic heterocycles. The highest BCUT2D eigenvalue weighted by atomic mass is 16.6. The molecule has 0 aliphatic carbocycles. The first-order valence-corrected chi connectivity index (χ1v) is 5.45. The standard InChI is InChI=1S/C12H10N4O4/c13-9-3-1-2-4-10(9)20-12-8(11(14)17)5-7(6-15-12)16(18)19/h1-6H,13H2,(H2,14,17). The molecule has 0 atom stereocenters. The van der Waals surface area contributed by atoms with Gasteiger partial charge >= 0.3 is 0 Å². The first-order valence-electron chi connectivity index (χ1n) is 5.45. The van der Waals surface area contributed by atoms with Crippen molar-refractivity contribution >= 4 is 17.3 Å². The fourth-order valence-corrected chi connectivity index (χ4v) is 1.48. The van der Waals surface area contributed by atoms with Crippen LogP contribution in [-0.2, 0) is 0 Å². The van der Waals surface area contributed by atoms with Crippen LogP contribution in [0.3, 0.4) is 0 Å². The molecule has 8 nitrogen and oxygen atoms in total. The SMILES string of the molecule is NC(=O)c1cc([N+](=O)[O-])cnc1Oc1ccccc1N. The van der Waals surface area contributed by atoms with Gasteiger partial charge in [0.25, 0.3) is 11.6 Å². The van der Waals surface area contributed by atoms with Crippen LogP contribution in [0.1, 0.15) is 10.4 Å². The summed E-state index contributed by atoms with van der Waals surface area (Å²) >= 11 is 0. The van der Waals surface area contributed by atoms with E-state index >= 15 is 0 Å². The smallest absolute Gasteiger partial charge is 0.288 e. The summed E-state index contributed by atoms with van der Waals surface area (Å²) in [5.74, 6) is -0.747. The minimum absolute atomic E-state index is 0.138. The molecule has 102 valence electrons. The molecule has 2 aromatic rings. The van der Waals surface area contributed by atoms with E-state index in [4.69, 9.17) is 16.2 Å². The summed E-state index contributed by atoms with van der Waals surface area (Å²) in [6.07, 6.45) is 0.973. The van der Waals surface area contributed by atoms with Gasteiger partial charge in [-0.2, -0.15) is 0 Å². The zero-order valence-electron chi connectivity index (χ0n) is 10.1. The molecule has 1 heterocycles. The number of nitrogens with two attached hydrogens (primary N) is 2. The molecule has 0 radical (unpaired) electrons. The first-order chi connectivity index (χ1) is 9.49. The molecular formula is C12H10N4O4. The summed E-state index contributed by atoms with van der Waals surface area (Å²) < 4.78 is 5.38. The Balaban J connectivity index is 2.44. The van der Waals surface area contributed by atoms with Crippen molar-refractivity contribution in [1.29, 1.82) is 0 Å². The number of nitrogens with zero attached hydrogens (tertiary/aromatic N) is 2. The second kappa shape index (κ2) is 5.22. The van der Waals surface area contributed by atoms with Gasteiger partial charge in [-0.15, -0.1) is 0 Å². The molecule has 0 spiro atoms. The number of nitrogen functional groups attached to an aromatic ring is 1. The minimum atomic E-state index is -0.884. The normalized spacial score (nSPS) is 10.0. The van der Waals surface area contributed by atoms with Crippen molar-refractivity contribution in [2.24, 2.45) is 5.73 Å². The number of para-hydroxylation sites is 2. The molecule has 1 aromatic heterocycles. The van der Waals surface area contributed by atoms with E-state index in [-0.39, 0.29) is 22.9 Å². The van der Waals surface area contributed by atoms with E-state index in [1.807, 2.05) is 0 Å². The Hall–Kier alpha value is -3.16. The van der Waals surface area contributed by atoms with Crippen LogP contribution in [-0.4, -0.2) is 15.8 Å². The van der Waals surface area contributed by atoms with Crippen molar-refractivity contribution in [3.8, 4) is 11.6 Å². The number of rotatable bonds is 4. The lowest BCUT2D eigenvalue weighted by atomic mass is 10.2. The Kier molecular flexibility index (Phi) is 3.47. The number of hydrogen-bond acceptors (Lipinski definition) is 6.